The van der Waals surface area contributed by atoms with Crippen LogP contribution in [0.5, 0.6) is 0 Å². The fraction of sp³-hybridized carbons (Fsp3) is 0.462. The summed E-state index contributed by atoms with van der Waals surface area (Å²) in [5.74, 6) is 0. The first kappa shape index (κ1) is 16.2. The molecule has 0 saturated carbocycles. The average Bonchev–Trinajstić information content (AvgIpc) is 2.39. The molecule has 6 heteroatoms. The average molecular weight is 379 g/mol. The predicted octanol–water partition coefficient (Wildman–Crippen LogP) is 2.83. The number of primary amides is 1. The monoisotopic (exact) mass is 379 g/mol. The Labute approximate surface area is 126 Å². The van der Waals surface area contributed by atoms with Crippen LogP contribution in [0.3, 0.4) is 0 Å². The van der Waals surface area contributed by atoms with Gasteiger partial charge in [0.2, 0.25) is 0 Å². The molecule has 1 aromatic carbocycles. The highest BCUT2D eigenvalue weighted by Gasteiger charge is 2.27. The molecule has 0 saturated heterocycles. The van der Waals surface area contributed by atoms with Gasteiger partial charge >= 0.3 is 6.09 Å². The van der Waals surface area contributed by atoms with Gasteiger partial charge < -0.3 is 19.9 Å². The third kappa shape index (κ3) is 4.96. The van der Waals surface area contributed by atoms with Crippen molar-refractivity contribution in [2.45, 2.75) is 25.6 Å². The van der Waals surface area contributed by atoms with Crippen LogP contribution in [0.25, 0.3) is 0 Å². The molecule has 0 radical (unpaired) electrons. The summed E-state index contributed by atoms with van der Waals surface area (Å²) in [6.45, 7) is 2.03. The Bertz CT molecular complexity index is 413. The van der Waals surface area contributed by atoms with Crippen LogP contribution in [0.4, 0.5) is 4.79 Å². The number of hydrogen-bond donors (Lipinski definition) is 1. The van der Waals surface area contributed by atoms with Gasteiger partial charge in [-0.25, -0.2) is 4.79 Å². The molecule has 0 aromatic heterocycles. The molecule has 2 atom stereocenters. The second kappa shape index (κ2) is 8.34. The van der Waals surface area contributed by atoms with Crippen molar-refractivity contribution in [2.75, 3.05) is 13.9 Å². The number of hydrogen-bond acceptors (Lipinski definition) is 4. The first-order chi connectivity index (χ1) is 9.10. The number of rotatable bonds is 7. The molecule has 0 aliphatic rings. The van der Waals surface area contributed by atoms with Gasteiger partial charge in [0.25, 0.3) is 0 Å². The molecule has 5 nitrogen and oxygen atoms in total. The summed E-state index contributed by atoms with van der Waals surface area (Å²) in [5, 5.41) is 0. The molecule has 19 heavy (non-hydrogen) atoms. The van der Waals surface area contributed by atoms with Gasteiger partial charge in [0.05, 0.1) is 0 Å². The maximum Gasteiger partial charge on any atom is 0.404 e. The van der Waals surface area contributed by atoms with Gasteiger partial charge in [0.15, 0.2) is 0 Å². The van der Waals surface area contributed by atoms with Crippen LogP contribution in [0.2, 0.25) is 0 Å². The Balaban J connectivity index is 2.98. The lowest BCUT2D eigenvalue weighted by Crippen LogP contribution is -2.30. The van der Waals surface area contributed by atoms with E-state index in [1.54, 1.807) is 7.11 Å². The maximum absolute atomic E-state index is 11.0. The van der Waals surface area contributed by atoms with Crippen molar-refractivity contribution >= 4 is 28.7 Å². The lowest BCUT2D eigenvalue weighted by atomic mass is 10.0. The van der Waals surface area contributed by atoms with Crippen LogP contribution in [-0.4, -0.2) is 26.1 Å². The highest BCUT2D eigenvalue weighted by atomic mass is 127. The number of amides is 1. The second-order valence-electron chi connectivity index (χ2n) is 3.90. The van der Waals surface area contributed by atoms with E-state index in [-0.39, 0.29) is 6.79 Å². The maximum atomic E-state index is 11.0. The minimum Gasteiger partial charge on any atom is -0.443 e. The molecule has 2 N–H and O–H groups in total. The number of halogens is 1. The van der Waals surface area contributed by atoms with Gasteiger partial charge in [-0.2, -0.15) is 0 Å². The summed E-state index contributed by atoms with van der Waals surface area (Å²) >= 11 is 2.22. The predicted molar refractivity (Wildman–Crippen MR) is 79.6 cm³/mol. The highest BCUT2D eigenvalue weighted by molar-refractivity contribution is 14.1. The summed E-state index contributed by atoms with van der Waals surface area (Å²) in [6.07, 6.45) is -1.04. The van der Waals surface area contributed by atoms with Crippen molar-refractivity contribution in [3.8, 4) is 0 Å². The molecule has 0 heterocycles. The molecule has 0 bridgehead atoms. The van der Waals surface area contributed by atoms with Crippen LogP contribution < -0.4 is 5.73 Å². The Hall–Kier alpha value is -0.860. The lowest BCUT2D eigenvalue weighted by Gasteiger charge is -2.26. The van der Waals surface area contributed by atoms with E-state index < -0.39 is 18.3 Å². The van der Waals surface area contributed by atoms with Crippen LogP contribution in [0, 0.1) is 3.57 Å². The number of methoxy groups -OCH3 is 1. The quantitative estimate of drug-likeness (QED) is 0.584. The van der Waals surface area contributed by atoms with Crippen molar-refractivity contribution in [3.05, 3.63) is 33.4 Å². The van der Waals surface area contributed by atoms with Crippen molar-refractivity contribution in [1.29, 1.82) is 0 Å². The Morgan fingerprint density at radius 1 is 1.42 bits per heavy atom. The van der Waals surface area contributed by atoms with Gasteiger partial charge in [-0.05, 0) is 40.6 Å². The second-order valence-corrected chi connectivity index (χ2v) is 5.06. The Kier molecular flexibility index (Phi) is 7.11. The van der Waals surface area contributed by atoms with Crippen LogP contribution >= 0.6 is 22.6 Å². The minimum absolute atomic E-state index is 0.119. The summed E-state index contributed by atoms with van der Waals surface area (Å²) < 4.78 is 16.7. The summed E-state index contributed by atoms with van der Waals surface area (Å²) in [7, 11) is 1.54. The van der Waals surface area contributed by atoms with E-state index in [0.717, 1.165) is 9.13 Å². The van der Waals surface area contributed by atoms with Gasteiger partial charge in [-0.15, -0.1) is 0 Å². The van der Waals surface area contributed by atoms with Crippen molar-refractivity contribution in [1.82, 2.24) is 0 Å². The molecule has 1 rings (SSSR count). The number of carbonyl (C=O) groups excluding carboxylic acids is 1. The van der Waals surface area contributed by atoms with E-state index in [0.29, 0.717) is 6.42 Å². The van der Waals surface area contributed by atoms with Crippen molar-refractivity contribution < 1.29 is 19.0 Å². The Morgan fingerprint density at radius 2 is 2.11 bits per heavy atom. The molecule has 0 unspecified atom stereocenters. The topological polar surface area (TPSA) is 70.8 Å². The Morgan fingerprint density at radius 3 is 2.63 bits per heavy atom. The summed E-state index contributed by atoms with van der Waals surface area (Å²) in [5.41, 5.74) is 6.05. The number of benzene rings is 1. The van der Waals surface area contributed by atoms with Gasteiger partial charge in [-0.3, -0.25) is 0 Å². The van der Waals surface area contributed by atoms with Crippen LogP contribution in [-0.2, 0) is 14.2 Å². The van der Waals surface area contributed by atoms with E-state index in [4.69, 9.17) is 19.9 Å². The number of nitrogens with two attached hydrogens (primary N) is 1. The number of carbonyl (C=O) groups is 1. The molecule has 1 amide bonds. The number of ether oxygens (including phenoxy) is 3. The minimum atomic E-state index is -0.802. The lowest BCUT2D eigenvalue weighted by molar-refractivity contribution is -0.116. The normalized spacial score (nSPS) is 13.8. The summed E-state index contributed by atoms with van der Waals surface area (Å²) in [4.78, 5) is 11.0. The largest absolute Gasteiger partial charge is 0.443 e. The van der Waals surface area contributed by atoms with Crippen molar-refractivity contribution in [2.24, 2.45) is 5.73 Å². The molecule has 0 aliphatic heterocycles. The molecule has 0 spiro atoms. The van der Waals surface area contributed by atoms with E-state index in [1.807, 2.05) is 31.2 Å². The highest BCUT2D eigenvalue weighted by Crippen LogP contribution is 2.29. The third-order valence-corrected chi connectivity index (χ3v) is 3.57. The zero-order chi connectivity index (χ0) is 14.3. The van der Waals surface area contributed by atoms with Crippen LogP contribution in [0.1, 0.15) is 25.0 Å². The van der Waals surface area contributed by atoms with E-state index >= 15 is 0 Å². The first-order valence-corrected chi connectivity index (χ1v) is 6.99. The van der Waals surface area contributed by atoms with Gasteiger partial charge in [-0.1, -0.05) is 25.1 Å². The molecule has 1 aromatic rings. The van der Waals surface area contributed by atoms with E-state index in [1.165, 1.54) is 0 Å². The fourth-order valence-corrected chi connectivity index (χ4v) is 2.45. The van der Waals surface area contributed by atoms with Crippen molar-refractivity contribution in [3.63, 3.8) is 0 Å². The zero-order valence-corrected chi connectivity index (χ0v) is 13.1. The van der Waals surface area contributed by atoms with E-state index in [9.17, 15) is 4.79 Å². The molecular formula is C13H18INO4. The van der Waals surface area contributed by atoms with E-state index in [2.05, 4.69) is 22.6 Å². The molecule has 0 fully saturated rings. The van der Waals surface area contributed by atoms with Crippen LogP contribution in [0.15, 0.2) is 24.3 Å². The summed E-state index contributed by atoms with van der Waals surface area (Å²) in [6, 6.07) is 7.76. The smallest absolute Gasteiger partial charge is 0.404 e. The standard InChI is InChI=1S/C13H18INO4/c1-3-11(19-13(15)16)12(18-8-17-2)9-6-4-5-7-10(9)14/h4-7,11-12H,3,8H2,1-2H3,(H2,15,16)/t11-,12-/m1/s1. The fourth-order valence-electron chi connectivity index (χ4n) is 1.75. The third-order valence-electron chi connectivity index (χ3n) is 2.58. The molecular weight excluding hydrogens is 361 g/mol. The first-order valence-electron chi connectivity index (χ1n) is 5.91. The zero-order valence-electron chi connectivity index (χ0n) is 11.0. The SMILES string of the molecule is CC[C@@H](OC(N)=O)[C@H](OCOC)c1ccccc1I. The van der Waals surface area contributed by atoms with Gasteiger partial charge in [0.1, 0.15) is 19.0 Å². The van der Waals surface area contributed by atoms with Gasteiger partial charge in [0, 0.05) is 10.7 Å². The molecule has 0 aliphatic carbocycles. The molecule has 106 valence electrons.